The number of pyridine rings is 1. The molecule has 1 fully saturated rings. The molecule has 2 amide bonds. The summed E-state index contributed by atoms with van der Waals surface area (Å²) in [6.07, 6.45) is 7.55. The van der Waals surface area contributed by atoms with Gasteiger partial charge in [0.2, 0.25) is 0 Å². The van der Waals surface area contributed by atoms with E-state index < -0.39 is 0 Å². The number of hydrogen-bond acceptors (Lipinski definition) is 8. The first-order chi connectivity index (χ1) is 18.2. The van der Waals surface area contributed by atoms with Gasteiger partial charge in [0, 0.05) is 38.6 Å². The Bertz CT molecular complexity index is 1180. The number of fused-ring (bicyclic) bond motifs is 1. The first-order valence-electron chi connectivity index (χ1n) is 12.7. The van der Waals surface area contributed by atoms with Crippen molar-refractivity contribution in [2.75, 3.05) is 51.3 Å². The Morgan fingerprint density at radius 2 is 1.97 bits per heavy atom. The van der Waals surface area contributed by atoms with Crippen LogP contribution in [0, 0.1) is 5.41 Å². The number of rotatable bonds is 12. The fourth-order valence-electron chi connectivity index (χ4n) is 4.02. The van der Waals surface area contributed by atoms with Crippen LogP contribution in [0.15, 0.2) is 53.7 Å². The lowest BCUT2D eigenvalue weighted by Gasteiger charge is -2.25. The summed E-state index contributed by atoms with van der Waals surface area (Å²) < 4.78 is 5.37. The summed E-state index contributed by atoms with van der Waals surface area (Å²) in [5, 5.41) is 13.5. The lowest BCUT2D eigenvalue weighted by molar-refractivity contribution is 0.0394. The van der Waals surface area contributed by atoms with Crippen molar-refractivity contribution in [3.05, 3.63) is 59.9 Å². The van der Waals surface area contributed by atoms with Gasteiger partial charge in [-0.15, -0.1) is 0 Å². The van der Waals surface area contributed by atoms with E-state index in [1.165, 1.54) is 11.8 Å². The first kappa shape index (κ1) is 26.3. The van der Waals surface area contributed by atoms with Gasteiger partial charge in [-0.1, -0.05) is 30.3 Å². The summed E-state index contributed by atoms with van der Waals surface area (Å²) in [7, 11) is 0. The van der Waals surface area contributed by atoms with Crippen LogP contribution in [0.3, 0.4) is 0 Å². The topological polar surface area (TPSA) is 128 Å². The molecule has 194 valence electrons. The summed E-state index contributed by atoms with van der Waals surface area (Å²) in [5.74, 6) is 0.00510. The molecule has 0 aliphatic carbocycles. The number of amides is 2. The Hall–Kier alpha value is -3.76. The van der Waals surface area contributed by atoms with E-state index in [1.807, 2.05) is 18.2 Å². The molecule has 0 saturated carbocycles. The van der Waals surface area contributed by atoms with Crippen molar-refractivity contribution in [1.29, 1.82) is 5.41 Å². The maximum Gasteiger partial charge on any atom is 0.320 e. The molecule has 1 aromatic carbocycles. The number of hydrogen-bond donors (Lipinski definition) is 3. The maximum absolute atomic E-state index is 12.3. The molecule has 3 heterocycles. The molecule has 3 aromatic rings. The summed E-state index contributed by atoms with van der Waals surface area (Å²) in [6, 6.07) is 13.5. The van der Waals surface area contributed by atoms with Gasteiger partial charge in [0.05, 0.1) is 37.6 Å². The van der Waals surface area contributed by atoms with E-state index in [0.29, 0.717) is 35.8 Å². The Kier molecular flexibility index (Phi) is 10.0. The molecule has 0 bridgehead atoms. The minimum absolute atomic E-state index is 0.305. The van der Waals surface area contributed by atoms with Gasteiger partial charge in [0.1, 0.15) is 11.3 Å². The van der Waals surface area contributed by atoms with Crippen LogP contribution in [-0.4, -0.2) is 84.2 Å². The number of urea groups is 1. The Morgan fingerprint density at radius 1 is 1.14 bits per heavy atom. The number of ether oxygens (including phenoxy) is 1. The molecular formula is C27H34N8O2. The number of unbranched alkanes of at least 4 members (excludes halogenated alkanes) is 1. The molecule has 3 N–H and O–H groups in total. The van der Waals surface area contributed by atoms with Crippen molar-refractivity contribution in [1.82, 2.24) is 25.2 Å². The fraction of sp³-hybridized carbons (Fsp3) is 0.407. The standard InChI is InChI=1S/C27H34N8O2/c28-18-22(19-29-12-13-35-14-16-37-17-15-35)24-20-31-23-9-10-25(33-26(23)32-24)34-27(36)30-11-5-4-8-21-6-2-1-3-7-21/h1-3,6-7,9-10,18-20,22,28H,4-5,8,11-17H2,(H2,30,32,33,34,36). The smallest absolute Gasteiger partial charge is 0.320 e. The van der Waals surface area contributed by atoms with E-state index in [0.717, 1.165) is 52.1 Å². The highest BCUT2D eigenvalue weighted by atomic mass is 16.5. The number of aliphatic imine (C=N–C) groups is 1. The number of anilines is 1. The molecule has 10 heteroatoms. The van der Waals surface area contributed by atoms with Gasteiger partial charge < -0.3 is 15.5 Å². The Labute approximate surface area is 217 Å². The van der Waals surface area contributed by atoms with Gasteiger partial charge in [0.15, 0.2) is 5.65 Å². The van der Waals surface area contributed by atoms with E-state index in [-0.39, 0.29) is 11.9 Å². The number of nitrogens with one attached hydrogen (secondary N) is 3. The summed E-state index contributed by atoms with van der Waals surface area (Å²) in [5.41, 5.74) is 2.91. The van der Waals surface area contributed by atoms with Gasteiger partial charge in [-0.25, -0.2) is 14.8 Å². The van der Waals surface area contributed by atoms with Gasteiger partial charge in [0.25, 0.3) is 0 Å². The average Bonchev–Trinajstić information content (AvgIpc) is 2.94. The number of aryl methyl sites for hydroxylation is 1. The van der Waals surface area contributed by atoms with Crippen LogP contribution >= 0.6 is 0 Å². The molecule has 1 unspecified atom stereocenters. The van der Waals surface area contributed by atoms with Crippen LogP contribution in [0.1, 0.15) is 30.0 Å². The van der Waals surface area contributed by atoms with Gasteiger partial charge in [-0.3, -0.25) is 20.2 Å². The summed E-state index contributed by atoms with van der Waals surface area (Å²) in [6.45, 7) is 5.47. The second kappa shape index (κ2) is 14.1. The molecule has 37 heavy (non-hydrogen) atoms. The number of aromatic nitrogens is 3. The second-order valence-corrected chi connectivity index (χ2v) is 8.86. The minimum atomic E-state index is -0.390. The number of nitrogens with zero attached hydrogens (tertiary/aromatic N) is 5. The van der Waals surface area contributed by atoms with Crippen LogP contribution in [-0.2, 0) is 11.2 Å². The van der Waals surface area contributed by atoms with Gasteiger partial charge in [-0.2, -0.15) is 0 Å². The lowest BCUT2D eigenvalue weighted by Crippen LogP contribution is -2.37. The molecule has 1 atom stereocenters. The average molecular weight is 503 g/mol. The molecule has 10 nitrogen and oxygen atoms in total. The monoisotopic (exact) mass is 502 g/mol. The van der Waals surface area contributed by atoms with Crippen molar-refractivity contribution in [2.24, 2.45) is 4.99 Å². The van der Waals surface area contributed by atoms with Crippen molar-refractivity contribution in [2.45, 2.75) is 25.2 Å². The molecule has 4 rings (SSSR count). The summed E-state index contributed by atoms with van der Waals surface area (Å²) in [4.78, 5) is 32.6. The van der Waals surface area contributed by atoms with Crippen LogP contribution in [0.5, 0.6) is 0 Å². The molecular weight excluding hydrogens is 468 g/mol. The van der Waals surface area contributed by atoms with E-state index >= 15 is 0 Å². The van der Waals surface area contributed by atoms with Crippen molar-refractivity contribution in [3.8, 4) is 0 Å². The zero-order valence-electron chi connectivity index (χ0n) is 21.0. The van der Waals surface area contributed by atoms with E-state index in [9.17, 15) is 4.79 Å². The third-order valence-corrected chi connectivity index (χ3v) is 6.12. The van der Waals surface area contributed by atoms with E-state index in [1.54, 1.807) is 24.5 Å². The van der Waals surface area contributed by atoms with Crippen LogP contribution in [0.4, 0.5) is 10.6 Å². The molecule has 0 radical (unpaired) electrons. The van der Waals surface area contributed by atoms with Crippen molar-refractivity contribution < 1.29 is 9.53 Å². The number of carbonyl (C=O) groups is 1. The zero-order chi connectivity index (χ0) is 25.7. The molecule has 0 spiro atoms. The zero-order valence-corrected chi connectivity index (χ0v) is 21.0. The van der Waals surface area contributed by atoms with Crippen LogP contribution in [0.25, 0.3) is 11.2 Å². The predicted molar refractivity (Wildman–Crippen MR) is 146 cm³/mol. The van der Waals surface area contributed by atoms with Gasteiger partial charge in [-0.05, 0) is 37.0 Å². The Balaban J connectivity index is 1.26. The predicted octanol–water partition coefficient (Wildman–Crippen LogP) is 3.31. The molecule has 1 aliphatic rings. The number of benzene rings is 1. The SMILES string of the molecule is N=CC(C=NCCN1CCOCC1)c1cnc2ccc(NC(=O)NCCCCc3ccccc3)nc2n1. The highest BCUT2D eigenvalue weighted by Gasteiger charge is 2.12. The first-order valence-corrected chi connectivity index (χ1v) is 12.7. The lowest BCUT2D eigenvalue weighted by atomic mass is 10.1. The van der Waals surface area contributed by atoms with Crippen molar-refractivity contribution >= 4 is 35.4 Å². The Morgan fingerprint density at radius 3 is 2.78 bits per heavy atom. The fourth-order valence-corrected chi connectivity index (χ4v) is 4.02. The quantitative estimate of drug-likeness (QED) is 0.257. The molecule has 2 aromatic heterocycles. The molecule has 1 saturated heterocycles. The third kappa shape index (κ3) is 8.40. The second-order valence-electron chi connectivity index (χ2n) is 8.86. The third-order valence-electron chi connectivity index (χ3n) is 6.12. The highest BCUT2D eigenvalue weighted by molar-refractivity contribution is 5.90. The van der Waals surface area contributed by atoms with E-state index in [2.05, 4.69) is 47.6 Å². The van der Waals surface area contributed by atoms with Crippen LogP contribution < -0.4 is 10.6 Å². The maximum atomic E-state index is 12.3. The van der Waals surface area contributed by atoms with Crippen molar-refractivity contribution in [3.63, 3.8) is 0 Å². The number of morpholine rings is 1. The number of carbonyl (C=O) groups excluding carboxylic acids is 1. The van der Waals surface area contributed by atoms with E-state index in [4.69, 9.17) is 10.1 Å². The minimum Gasteiger partial charge on any atom is -0.379 e. The summed E-state index contributed by atoms with van der Waals surface area (Å²) >= 11 is 0. The largest absolute Gasteiger partial charge is 0.379 e. The normalized spacial score (nSPS) is 15.0. The van der Waals surface area contributed by atoms with Crippen LogP contribution in [0.2, 0.25) is 0 Å². The highest BCUT2D eigenvalue weighted by Crippen LogP contribution is 2.15. The van der Waals surface area contributed by atoms with Gasteiger partial charge >= 0.3 is 6.03 Å². The molecule has 1 aliphatic heterocycles.